The van der Waals surface area contributed by atoms with E-state index in [0.29, 0.717) is 17.9 Å². The Hall–Kier alpha value is -2.30. The van der Waals surface area contributed by atoms with Gasteiger partial charge in [-0.1, -0.05) is 18.2 Å². The molecule has 0 radical (unpaired) electrons. The first-order chi connectivity index (χ1) is 11.1. The third-order valence-corrected chi connectivity index (χ3v) is 5.37. The van der Waals surface area contributed by atoms with E-state index in [1.807, 2.05) is 12.1 Å². The number of benzene rings is 1. The maximum absolute atomic E-state index is 12.6. The predicted octanol–water partition coefficient (Wildman–Crippen LogP) is 2.26. The average Bonchev–Trinajstić information content (AvgIpc) is 2.91. The van der Waals surface area contributed by atoms with Crippen LogP contribution in [0.1, 0.15) is 30.4 Å². The van der Waals surface area contributed by atoms with E-state index >= 15 is 0 Å². The van der Waals surface area contributed by atoms with Crippen LogP contribution in [-0.2, 0) is 19.7 Å². The summed E-state index contributed by atoms with van der Waals surface area (Å²) in [4.78, 5) is 24.7. The lowest BCUT2D eigenvalue weighted by molar-refractivity contribution is -0.145. The molecular formula is C18H18O5. The number of carbonyl (C=O) groups excluding carboxylic acids is 2. The molecule has 0 N–H and O–H groups in total. The molecule has 0 amide bonds. The van der Waals surface area contributed by atoms with Crippen LogP contribution in [0.15, 0.2) is 18.2 Å². The summed E-state index contributed by atoms with van der Waals surface area (Å²) in [6.07, 6.45) is 4.85. The number of hydrogen-bond acceptors (Lipinski definition) is 5. The lowest BCUT2D eigenvalue weighted by atomic mass is 9.57. The van der Waals surface area contributed by atoms with Crippen molar-refractivity contribution in [2.24, 2.45) is 5.92 Å². The van der Waals surface area contributed by atoms with Gasteiger partial charge in [0.2, 0.25) is 0 Å². The van der Waals surface area contributed by atoms with Crippen LogP contribution in [0.25, 0.3) is 6.08 Å². The minimum absolute atomic E-state index is 0.0460. The molecule has 1 saturated carbocycles. The van der Waals surface area contributed by atoms with Crippen LogP contribution in [-0.4, -0.2) is 32.1 Å². The Bertz CT molecular complexity index is 735. The summed E-state index contributed by atoms with van der Waals surface area (Å²) in [6.45, 7) is 0. The van der Waals surface area contributed by atoms with Crippen LogP contribution < -0.4 is 9.47 Å². The summed E-state index contributed by atoms with van der Waals surface area (Å²) in [5.41, 5.74) is 1.24. The Morgan fingerprint density at radius 3 is 2.96 bits per heavy atom. The van der Waals surface area contributed by atoms with Crippen molar-refractivity contribution in [3.8, 4) is 11.5 Å². The summed E-state index contributed by atoms with van der Waals surface area (Å²) < 4.78 is 16.4. The number of ether oxygens (including phenoxy) is 3. The van der Waals surface area contributed by atoms with Gasteiger partial charge in [-0.05, 0) is 24.0 Å². The summed E-state index contributed by atoms with van der Waals surface area (Å²) in [6, 6.07) is 3.79. The van der Waals surface area contributed by atoms with Crippen LogP contribution in [0.3, 0.4) is 0 Å². The second kappa shape index (κ2) is 4.85. The van der Waals surface area contributed by atoms with E-state index in [4.69, 9.17) is 14.2 Å². The van der Waals surface area contributed by atoms with Crippen LogP contribution >= 0.6 is 0 Å². The molecule has 1 fully saturated rings. The van der Waals surface area contributed by atoms with E-state index in [1.165, 1.54) is 7.11 Å². The largest absolute Gasteiger partial charge is 0.493 e. The van der Waals surface area contributed by atoms with E-state index < -0.39 is 11.5 Å². The van der Waals surface area contributed by atoms with Gasteiger partial charge in [0.25, 0.3) is 0 Å². The fourth-order valence-electron chi connectivity index (χ4n) is 4.36. The van der Waals surface area contributed by atoms with Gasteiger partial charge in [0.05, 0.1) is 26.1 Å². The first-order valence-corrected chi connectivity index (χ1v) is 7.77. The van der Waals surface area contributed by atoms with E-state index in [-0.39, 0.29) is 24.1 Å². The molecule has 0 bridgehead atoms. The van der Waals surface area contributed by atoms with Crippen molar-refractivity contribution in [3.63, 3.8) is 0 Å². The highest BCUT2D eigenvalue weighted by Crippen LogP contribution is 2.60. The van der Waals surface area contributed by atoms with Crippen LogP contribution in [0.2, 0.25) is 0 Å². The predicted molar refractivity (Wildman–Crippen MR) is 82.5 cm³/mol. The third-order valence-electron chi connectivity index (χ3n) is 5.37. The van der Waals surface area contributed by atoms with E-state index in [9.17, 15) is 9.59 Å². The van der Waals surface area contributed by atoms with Crippen molar-refractivity contribution >= 4 is 17.8 Å². The highest BCUT2D eigenvalue weighted by Gasteiger charge is 2.61. The van der Waals surface area contributed by atoms with Gasteiger partial charge in [-0.15, -0.1) is 0 Å². The number of esters is 1. The molecule has 5 nitrogen and oxygen atoms in total. The Labute approximate surface area is 134 Å². The molecule has 5 heteroatoms. The maximum Gasteiger partial charge on any atom is 0.306 e. The van der Waals surface area contributed by atoms with Crippen molar-refractivity contribution < 1.29 is 23.8 Å². The molecule has 120 valence electrons. The molecule has 1 heterocycles. The smallest absolute Gasteiger partial charge is 0.306 e. The summed E-state index contributed by atoms with van der Waals surface area (Å²) in [5.74, 6) is 1.01. The first kappa shape index (κ1) is 14.3. The molecule has 0 aromatic heterocycles. The highest BCUT2D eigenvalue weighted by atomic mass is 16.5. The van der Waals surface area contributed by atoms with Gasteiger partial charge < -0.3 is 14.2 Å². The average molecular weight is 314 g/mol. The zero-order valence-corrected chi connectivity index (χ0v) is 13.1. The molecule has 1 aromatic carbocycles. The summed E-state index contributed by atoms with van der Waals surface area (Å²) in [5, 5.41) is 0. The SMILES string of the molecule is COC(=O)C[C@]12c3c4ccc(OC)c3O[C@H]1C(=O)CC[C@H]2C=C4. The minimum atomic E-state index is -0.670. The molecule has 0 spiro atoms. The van der Waals surface area contributed by atoms with Gasteiger partial charge in [-0.25, -0.2) is 0 Å². The third kappa shape index (κ3) is 1.73. The number of ketones is 1. The van der Waals surface area contributed by atoms with Gasteiger partial charge >= 0.3 is 5.97 Å². The van der Waals surface area contributed by atoms with Crippen LogP contribution in [0.5, 0.6) is 11.5 Å². The molecule has 3 atom stereocenters. The highest BCUT2D eigenvalue weighted by molar-refractivity contribution is 5.92. The number of hydrogen-bond donors (Lipinski definition) is 0. The number of carbonyl (C=O) groups is 2. The molecule has 2 aliphatic carbocycles. The molecule has 1 aliphatic heterocycles. The van der Waals surface area contributed by atoms with Gasteiger partial charge in [0, 0.05) is 12.0 Å². The summed E-state index contributed by atoms with van der Waals surface area (Å²) >= 11 is 0. The van der Waals surface area contributed by atoms with E-state index in [0.717, 1.165) is 17.5 Å². The van der Waals surface area contributed by atoms with Crippen molar-refractivity contribution in [3.05, 3.63) is 29.3 Å². The zero-order chi connectivity index (χ0) is 16.2. The second-order valence-corrected chi connectivity index (χ2v) is 6.32. The molecule has 0 saturated heterocycles. The maximum atomic E-state index is 12.6. The van der Waals surface area contributed by atoms with Gasteiger partial charge in [-0.2, -0.15) is 0 Å². The lowest BCUT2D eigenvalue weighted by Crippen LogP contribution is -2.54. The molecule has 3 aliphatic rings. The van der Waals surface area contributed by atoms with Crippen LogP contribution in [0.4, 0.5) is 0 Å². The van der Waals surface area contributed by atoms with E-state index in [2.05, 4.69) is 12.2 Å². The molecule has 23 heavy (non-hydrogen) atoms. The topological polar surface area (TPSA) is 61.8 Å². The Morgan fingerprint density at radius 2 is 2.22 bits per heavy atom. The standard InChI is InChI=1S/C18H18O5/c1-21-13-8-4-10-3-5-11-6-7-12(19)17-18(11,9-14(20)22-2)15(10)16(13)23-17/h3-5,8,11,17H,6-7,9H2,1-2H3/t11-,17+,18+/m1/s1. The Kier molecular flexibility index (Phi) is 3.01. The summed E-state index contributed by atoms with van der Waals surface area (Å²) in [7, 11) is 2.95. The second-order valence-electron chi connectivity index (χ2n) is 6.32. The van der Waals surface area contributed by atoms with Crippen molar-refractivity contribution in [2.45, 2.75) is 30.8 Å². The number of rotatable bonds is 3. The quantitative estimate of drug-likeness (QED) is 0.801. The van der Waals surface area contributed by atoms with Crippen LogP contribution in [0, 0.1) is 5.92 Å². The minimum Gasteiger partial charge on any atom is -0.493 e. The monoisotopic (exact) mass is 314 g/mol. The van der Waals surface area contributed by atoms with Gasteiger partial charge in [-0.3, -0.25) is 9.59 Å². The number of allylic oxidation sites excluding steroid dienone is 1. The normalized spacial score (nSPS) is 29.7. The first-order valence-electron chi connectivity index (χ1n) is 7.77. The van der Waals surface area contributed by atoms with Crippen molar-refractivity contribution in [1.29, 1.82) is 0 Å². The number of Topliss-reactive ketones (excluding diaryl/α,β-unsaturated/α-hetero) is 1. The van der Waals surface area contributed by atoms with Gasteiger partial charge in [0.15, 0.2) is 23.4 Å². The molecule has 4 rings (SSSR count). The fourth-order valence-corrected chi connectivity index (χ4v) is 4.36. The zero-order valence-electron chi connectivity index (χ0n) is 13.1. The van der Waals surface area contributed by atoms with Crippen molar-refractivity contribution in [2.75, 3.05) is 14.2 Å². The molecule has 0 unspecified atom stereocenters. The fraction of sp³-hybridized carbons (Fsp3) is 0.444. The molecular weight excluding hydrogens is 296 g/mol. The Morgan fingerprint density at radius 1 is 1.39 bits per heavy atom. The molecule has 1 aromatic rings. The van der Waals surface area contributed by atoms with E-state index in [1.54, 1.807) is 7.11 Å². The number of methoxy groups -OCH3 is 2. The van der Waals surface area contributed by atoms with Gasteiger partial charge in [0.1, 0.15) is 0 Å². The Balaban J connectivity index is 1.98. The lowest BCUT2D eigenvalue weighted by Gasteiger charge is -2.44. The van der Waals surface area contributed by atoms with Crippen molar-refractivity contribution in [1.82, 2.24) is 0 Å².